The summed E-state index contributed by atoms with van der Waals surface area (Å²) in [5, 5.41) is 14.8. The Morgan fingerprint density at radius 3 is 2.55 bits per heavy atom. The van der Waals surface area contributed by atoms with E-state index in [0.29, 0.717) is 22.6 Å². The van der Waals surface area contributed by atoms with Crippen LogP contribution in [-0.2, 0) is 14.3 Å². The summed E-state index contributed by atoms with van der Waals surface area (Å²) in [6, 6.07) is 11.2. The number of amides is 1. The molecule has 2 aliphatic rings. The number of nitro groups is 1. The van der Waals surface area contributed by atoms with Gasteiger partial charge in [-0.3, -0.25) is 19.7 Å². The second-order valence-electron chi connectivity index (χ2n) is 6.81. The maximum absolute atomic E-state index is 12.9. The molecule has 0 saturated carbocycles. The van der Waals surface area contributed by atoms with Crippen molar-refractivity contribution in [2.24, 2.45) is 5.92 Å². The third kappa shape index (κ3) is 3.24. The summed E-state index contributed by atoms with van der Waals surface area (Å²) in [5.41, 5.74) is 1.01. The summed E-state index contributed by atoms with van der Waals surface area (Å²) in [4.78, 5) is 37.0. The van der Waals surface area contributed by atoms with Crippen LogP contribution in [-0.4, -0.2) is 36.7 Å². The molecule has 4 atom stereocenters. The van der Waals surface area contributed by atoms with E-state index in [2.05, 4.69) is 5.32 Å². The van der Waals surface area contributed by atoms with Crippen LogP contribution >= 0.6 is 0 Å². The first-order chi connectivity index (χ1) is 14.0. The van der Waals surface area contributed by atoms with Gasteiger partial charge < -0.3 is 19.5 Å². The van der Waals surface area contributed by atoms with Gasteiger partial charge in [-0.05, 0) is 23.3 Å². The first-order valence-corrected chi connectivity index (χ1v) is 8.97. The molecule has 0 aliphatic carbocycles. The number of benzene rings is 2. The van der Waals surface area contributed by atoms with Gasteiger partial charge in [-0.25, -0.2) is 0 Å². The number of nitrogens with zero attached hydrogens (tertiary/aromatic N) is 1. The number of methoxy groups -OCH3 is 1. The normalized spacial score (nSPS) is 25.2. The van der Waals surface area contributed by atoms with Crippen LogP contribution in [0.4, 0.5) is 0 Å². The van der Waals surface area contributed by atoms with Crippen LogP contribution < -0.4 is 14.8 Å². The smallest absolute Gasteiger partial charge is 0.319 e. The van der Waals surface area contributed by atoms with Crippen molar-refractivity contribution >= 4 is 11.9 Å². The zero-order valence-corrected chi connectivity index (χ0v) is 15.4. The molecule has 1 N–H and O–H groups in total. The quantitative estimate of drug-likeness (QED) is 0.361. The van der Waals surface area contributed by atoms with E-state index in [9.17, 15) is 19.7 Å². The Balaban J connectivity index is 1.82. The zero-order valence-electron chi connectivity index (χ0n) is 15.4. The number of ether oxygens (including phenoxy) is 3. The van der Waals surface area contributed by atoms with Gasteiger partial charge in [0.2, 0.25) is 18.7 Å². The van der Waals surface area contributed by atoms with Crippen LogP contribution in [0.15, 0.2) is 48.5 Å². The molecule has 150 valence electrons. The molecule has 2 aliphatic heterocycles. The lowest BCUT2D eigenvalue weighted by molar-refractivity contribution is -0.534. The fourth-order valence-electron chi connectivity index (χ4n) is 3.98. The Hall–Kier alpha value is -3.62. The minimum atomic E-state index is -1.33. The summed E-state index contributed by atoms with van der Waals surface area (Å²) in [6.07, 6.45) is 0. The van der Waals surface area contributed by atoms with E-state index >= 15 is 0 Å². The zero-order chi connectivity index (χ0) is 20.5. The van der Waals surface area contributed by atoms with Gasteiger partial charge in [0, 0.05) is 4.92 Å². The first kappa shape index (κ1) is 18.7. The van der Waals surface area contributed by atoms with Crippen molar-refractivity contribution in [2.75, 3.05) is 13.9 Å². The molecule has 29 heavy (non-hydrogen) atoms. The Bertz CT molecular complexity index is 963. The Labute approximate surface area is 165 Å². The molecule has 0 spiro atoms. The molecule has 0 aromatic heterocycles. The molecule has 0 bridgehead atoms. The number of carbonyl (C=O) groups is 2. The highest BCUT2D eigenvalue weighted by atomic mass is 16.7. The van der Waals surface area contributed by atoms with E-state index in [4.69, 9.17) is 14.2 Å². The molecule has 9 nitrogen and oxygen atoms in total. The Morgan fingerprint density at radius 2 is 1.86 bits per heavy atom. The minimum Gasteiger partial charge on any atom is -0.468 e. The van der Waals surface area contributed by atoms with Crippen molar-refractivity contribution in [3.63, 3.8) is 0 Å². The number of rotatable bonds is 4. The average Bonchev–Trinajstić information content (AvgIpc) is 3.20. The fraction of sp³-hybridized carbons (Fsp3) is 0.300. The molecule has 0 unspecified atom stereocenters. The van der Waals surface area contributed by atoms with Gasteiger partial charge >= 0.3 is 5.97 Å². The molecular formula is C20H18N2O7. The largest absolute Gasteiger partial charge is 0.468 e. The summed E-state index contributed by atoms with van der Waals surface area (Å²) in [7, 11) is 1.16. The third-order valence-corrected chi connectivity index (χ3v) is 5.29. The van der Waals surface area contributed by atoms with Crippen molar-refractivity contribution < 1.29 is 28.7 Å². The monoisotopic (exact) mass is 398 g/mol. The highest BCUT2D eigenvalue weighted by Gasteiger charge is 2.55. The number of hydrogen-bond donors (Lipinski definition) is 1. The van der Waals surface area contributed by atoms with E-state index in [0.717, 1.165) is 7.11 Å². The van der Waals surface area contributed by atoms with E-state index in [-0.39, 0.29) is 6.79 Å². The highest BCUT2D eigenvalue weighted by molar-refractivity contribution is 6.00. The molecule has 2 aromatic carbocycles. The van der Waals surface area contributed by atoms with Crippen LogP contribution in [0.5, 0.6) is 11.5 Å². The topological polar surface area (TPSA) is 117 Å². The SMILES string of the molecule is COC(=O)[C@H]1C(=O)N[C@H](c2ccc3c(c2)OCO3)[C@@H]([N+](=O)[O-])[C@@H]1c1ccccc1. The van der Waals surface area contributed by atoms with Crippen LogP contribution in [0.3, 0.4) is 0 Å². The molecule has 1 fully saturated rings. The standard InChI is InChI=1S/C20H18N2O7/c1-27-20(24)16-15(11-5-3-2-4-6-11)18(22(25)26)17(21-19(16)23)12-7-8-13-14(9-12)29-10-28-13/h2-9,15-18H,10H2,1H3,(H,21,23)/t15-,16-,17-,18+/m1/s1. The van der Waals surface area contributed by atoms with Gasteiger partial charge in [-0.1, -0.05) is 36.4 Å². The molecular weight excluding hydrogens is 380 g/mol. The van der Waals surface area contributed by atoms with Gasteiger partial charge in [0.05, 0.1) is 13.0 Å². The van der Waals surface area contributed by atoms with Gasteiger partial charge in [0.25, 0.3) is 0 Å². The maximum atomic E-state index is 12.9. The van der Waals surface area contributed by atoms with E-state index in [1.165, 1.54) is 0 Å². The predicted octanol–water partition coefficient (Wildman–Crippen LogP) is 1.80. The number of fused-ring (bicyclic) bond motifs is 1. The Morgan fingerprint density at radius 1 is 1.14 bits per heavy atom. The van der Waals surface area contributed by atoms with Crippen LogP contribution in [0, 0.1) is 16.0 Å². The fourth-order valence-corrected chi connectivity index (χ4v) is 3.98. The lowest BCUT2D eigenvalue weighted by atomic mass is 9.73. The van der Waals surface area contributed by atoms with Crippen LogP contribution in [0.25, 0.3) is 0 Å². The molecule has 4 rings (SSSR count). The second kappa shape index (κ2) is 7.42. The molecule has 2 aromatic rings. The van der Waals surface area contributed by atoms with Crippen molar-refractivity contribution in [1.29, 1.82) is 0 Å². The highest BCUT2D eigenvalue weighted by Crippen LogP contribution is 2.43. The third-order valence-electron chi connectivity index (χ3n) is 5.29. The van der Waals surface area contributed by atoms with E-state index in [1.807, 2.05) is 0 Å². The number of hydrogen-bond acceptors (Lipinski definition) is 7. The number of piperidine rings is 1. The second-order valence-corrected chi connectivity index (χ2v) is 6.81. The van der Waals surface area contributed by atoms with Gasteiger partial charge in [0.15, 0.2) is 11.5 Å². The summed E-state index contributed by atoms with van der Waals surface area (Å²) in [6.45, 7) is 0.0610. The lowest BCUT2D eigenvalue weighted by Crippen LogP contribution is -2.56. The lowest BCUT2D eigenvalue weighted by Gasteiger charge is -2.37. The average molecular weight is 398 g/mol. The molecule has 2 heterocycles. The summed E-state index contributed by atoms with van der Waals surface area (Å²) < 4.78 is 15.4. The minimum absolute atomic E-state index is 0.0610. The number of carbonyl (C=O) groups excluding carboxylic acids is 2. The van der Waals surface area contributed by atoms with Crippen molar-refractivity contribution in [3.8, 4) is 11.5 Å². The summed E-state index contributed by atoms with van der Waals surface area (Å²) in [5.74, 6) is -2.78. The molecule has 0 radical (unpaired) electrons. The van der Waals surface area contributed by atoms with E-state index < -0.39 is 40.7 Å². The Kier molecular flexibility index (Phi) is 4.79. The molecule has 1 saturated heterocycles. The first-order valence-electron chi connectivity index (χ1n) is 8.97. The van der Waals surface area contributed by atoms with Crippen molar-refractivity contribution in [3.05, 3.63) is 69.8 Å². The van der Waals surface area contributed by atoms with Crippen molar-refractivity contribution in [1.82, 2.24) is 5.32 Å². The maximum Gasteiger partial charge on any atom is 0.319 e. The number of nitrogens with one attached hydrogen (secondary N) is 1. The van der Waals surface area contributed by atoms with E-state index in [1.54, 1.807) is 48.5 Å². The van der Waals surface area contributed by atoms with Gasteiger partial charge in [0.1, 0.15) is 12.0 Å². The van der Waals surface area contributed by atoms with Gasteiger partial charge in [-0.2, -0.15) is 0 Å². The predicted molar refractivity (Wildman–Crippen MR) is 98.9 cm³/mol. The van der Waals surface area contributed by atoms with Gasteiger partial charge in [-0.15, -0.1) is 0 Å². The van der Waals surface area contributed by atoms with Crippen molar-refractivity contribution in [2.45, 2.75) is 18.0 Å². The van der Waals surface area contributed by atoms with Crippen LogP contribution in [0.1, 0.15) is 23.1 Å². The number of esters is 1. The molecule has 9 heteroatoms. The van der Waals surface area contributed by atoms with Crippen LogP contribution in [0.2, 0.25) is 0 Å². The summed E-state index contributed by atoms with van der Waals surface area (Å²) >= 11 is 0. The molecule has 1 amide bonds.